The van der Waals surface area contributed by atoms with Crippen LogP contribution >= 0.6 is 0 Å². The van der Waals surface area contributed by atoms with E-state index in [1.54, 1.807) is 13.8 Å². The molecule has 0 bridgehead atoms. The van der Waals surface area contributed by atoms with Crippen molar-refractivity contribution in [3.8, 4) is 0 Å². The van der Waals surface area contributed by atoms with E-state index in [4.69, 9.17) is 10.5 Å². The molecule has 0 saturated carbocycles. The summed E-state index contributed by atoms with van der Waals surface area (Å²) in [5.74, 6) is -0.417. The number of hydrogen-bond donors (Lipinski definition) is 1. The molecule has 13 heavy (non-hydrogen) atoms. The van der Waals surface area contributed by atoms with E-state index in [1.165, 1.54) is 6.21 Å². The van der Waals surface area contributed by atoms with E-state index in [1.807, 2.05) is 6.92 Å². The fourth-order valence-electron chi connectivity index (χ4n) is 0.707. The number of nitrogens with two attached hydrogens (primary N) is 1. The van der Waals surface area contributed by atoms with Gasteiger partial charge in [0.2, 0.25) is 0 Å². The minimum Gasteiger partial charge on any atom is -0.462 e. The molecule has 4 heteroatoms. The van der Waals surface area contributed by atoms with E-state index >= 15 is 0 Å². The lowest BCUT2D eigenvalue weighted by Crippen LogP contribution is -2.13. The second-order valence-electron chi connectivity index (χ2n) is 2.45. The van der Waals surface area contributed by atoms with Crippen molar-refractivity contribution >= 4 is 12.2 Å². The average Bonchev–Trinajstić information content (AvgIpc) is 2.05. The minimum absolute atomic E-state index is 0.337. The average molecular weight is 184 g/mol. The van der Waals surface area contributed by atoms with Crippen LogP contribution in [0.25, 0.3) is 0 Å². The van der Waals surface area contributed by atoms with Crippen molar-refractivity contribution in [3.05, 3.63) is 11.3 Å². The third-order valence-electron chi connectivity index (χ3n) is 1.32. The molecule has 0 saturated heterocycles. The van der Waals surface area contributed by atoms with Gasteiger partial charge in [-0.2, -0.15) is 0 Å². The molecule has 74 valence electrons. The highest BCUT2D eigenvalue weighted by Crippen LogP contribution is 1.99. The van der Waals surface area contributed by atoms with Crippen LogP contribution in [-0.2, 0) is 9.53 Å². The molecule has 0 aliphatic rings. The van der Waals surface area contributed by atoms with Gasteiger partial charge in [0.1, 0.15) is 0 Å². The van der Waals surface area contributed by atoms with Gasteiger partial charge < -0.3 is 10.5 Å². The molecular formula is C9H16N2O2. The Morgan fingerprint density at radius 1 is 1.54 bits per heavy atom. The van der Waals surface area contributed by atoms with Crippen LogP contribution < -0.4 is 5.73 Å². The molecule has 4 nitrogen and oxygen atoms in total. The SMILES string of the molecule is CCN=C/C(C(=O)OCC)=C(/C)N. The Bertz CT molecular complexity index is 228. The quantitative estimate of drug-likeness (QED) is 0.400. The number of carbonyl (C=O) groups is 1. The predicted molar refractivity (Wildman–Crippen MR) is 52.6 cm³/mol. The van der Waals surface area contributed by atoms with E-state index in [0.29, 0.717) is 24.4 Å². The zero-order valence-corrected chi connectivity index (χ0v) is 8.33. The number of nitrogens with zero attached hydrogens (tertiary/aromatic N) is 1. The first-order valence-corrected chi connectivity index (χ1v) is 4.26. The Kier molecular flexibility index (Phi) is 5.59. The summed E-state index contributed by atoms with van der Waals surface area (Å²) in [5.41, 5.74) is 6.26. The van der Waals surface area contributed by atoms with Crippen LogP contribution in [0, 0.1) is 0 Å². The molecule has 0 rings (SSSR count). The van der Waals surface area contributed by atoms with Crippen molar-refractivity contribution in [2.45, 2.75) is 20.8 Å². The number of allylic oxidation sites excluding steroid dienone is 1. The highest BCUT2D eigenvalue weighted by Gasteiger charge is 2.09. The van der Waals surface area contributed by atoms with Crippen molar-refractivity contribution in [1.82, 2.24) is 0 Å². The van der Waals surface area contributed by atoms with Crippen LogP contribution in [0.3, 0.4) is 0 Å². The Morgan fingerprint density at radius 3 is 2.54 bits per heavy atom. The Morgan fingerprint density at radius 2 is 2.15 bits per heavy atom. The summed E-state index contributed by atoms with van der Waals surface area (Å²) in [4.78, 5) is 15.2. The van der Waals surface area contributed by atoms with Crippen LogP contribution in [0.2, 0.25) is 0 Å². The monoisotopic (exact) mass is 184 g/mol. The minimum atomic E-state index is -0.417. The maximum absolute atomic E-state index is 11.2. The maximum atomic E-state index is 11.2. The number of rotatable bonds is 4. The van der Waals surface area contributed by atoms with Crippen LogP contribution in [0.4, 0.5) is 0 Å². The molecule has 0 fully saturated rings. The number of ether oxygens (including phenoxy) is 1. The normalized spacial score (nSPS) is 12.8. The van der Waals surface area contributed by atoms with Gasteiger partial charge in [0, 0.05) is 18.5 Å². The van der Waals surface area contributed by atoms with Crippen molar-refractivity contribution in [1.29, 1.82) is 0 Å². The number of esters is 1. The van der Waals surface area contributed by atoms with Crippen molar-refractivity contribution < 1.29 is 9.53 Å². The van der Waals surface area contributed by atoms with Gasteiger partial charge >= 0.3 is 5.97 Å². The smallest absolute Gasteiger partial charge is 0.341 e. The van der Waals surface area contributed by atoms with Gasteiger partial charge in [0.15, 0.2) is 0 Å². The van der Waals surface area contributed by atoms with E-state index in [0.717, 1.165) is 0 Å². The molecule has 0 amide bonds. The highest BCUT2D eigenvalue weighted by molar-refractivity contribution is 6.10. The van der Waals surface area contributed by atoms with Gasteiger partial charge in [-0.1, -0.05) is 0 Å². The van der Waals surface area contributed by atoms with Gasteiger partial charge in [0.25, 0.3) is 0 Å². The van der Waals surface area contributed by atoms with Gasteiger partial charge in [-0.3, -0.25) is 4.99 Å². The largest absolute Gasteiger partial charge is 0.462 e. The lowest BCUT2D eigenvalue weighted by molar-refractivity contribution is -0.137. The topological polar surface area (TPSA) is 64.7 Å². The number of carbonyl (C=O) groups excluding carboxylic acids is 1. The lowest BCUT2D eigenvalue weighted by atomic mass is 10.2. The van der Waals surface area contributed by atoms with Crippen molar-refractivity contribution in [3.63, 3.8) is 0 Å². The number of aliphatic imine (C=N–C) groups is 1. The fourth-order valence-corrected chi connectivity index (χ4v) is 0.707. The Hall–Kier alpha value is -1.32. The zero-order valence-electron chi connectivity index (χ0n) is 8.33. The summed E-state index contributed by atoms with van der Waals surface area (Å²) < 4.78 is 4.79. The summed E-state index contributed by atoms with van der Waals surface area (Å²) in [6.07, 6.45) is 1.45. The third-order valence-corrected chi connectivity index (χ3v) is 1.32. The summed E-state index contributed by atoms with van der Waals surface area (Å²) in [5, 5.41) is 0. The third kappa shape index (κ3) is 4.30. The van der Waals surface area contributed by atoms with E-state index in [2.05, 4.69) is 4.99 Å². The first kappa shape index (κ1) is 11.7. The molecule has 0 radical (unpaired) electrons. The predicted octanol–water partition coefficient (Wildman–Crippen LogP) is 0.873. The van der Waals surface area contributed by atoms with Crippen LogP contribution in [0.5, 0.6) is 0 Å². The molecule has 0 aromatic carbocycles. The molecule has 0 aromatic heterocycles. The first-order valence-electron chi connectivity index (χ1n) is 4.26. The van der Waals surface area contributed by atoms with E-state index < -0.39 is 5.97 Å². The molecule has 0 spiro atoms. The van der Waals surface area contributed by atoms with Crippen molar-refractivity contribution in [2.24, 2.45) is 10.7 Å². The van der Waals surface area contributed by atoms with Crippen LogP contribution in [-0.4, -0.2) is 25.3 Å². The molecule has 0 aliphatic carbocycles. The molecule has 0 aromatic rings. The molecule has 0 heterocycles. The molecule has 2 N–H and O–H groups in total. The van der Waals surface area contributed by atoms with Crippen molar-refractivity contribution in [2.75, 3.05) is 13.2 Å². The molecular weight excluding hydrogens is 168 g/mol. The second kappa shape index (κ2) is 6.22. The Labute approximate surface area is 78.5 Å². The highest BCUT2D eigenvalue weighted by atomic mass is 16.5. The summed E-state index contributed by atoms with van der Waals surface area (Å²) in [6, 6.07) is 0. The molecule has 0 unspecified atom stereocenters. The van der Waals surface area contributed by atoms with E-state index in [-0.39, 0.29) is 0 Å². The van der Waals surface area contributed by atoms with Gasteiger partial charge in [-0.15, -0.1) is 0 Å². The second-order valence-corrected chi connectivity index (χ2v) is 2.45. The van der Waals surface area contributed by atoms with Gasteiger partial charge in [-0.25, -0.2) is 4.79 Å². The van der Waals surface area contributed by atoms with Crippen LogP contribution in [0.1, 0.15) is 20.8 Å². The maximum Gasteiger partial charge on any atom is 0.341 e. The molecule has 0 atom stereocenters. The first-order chi connectivity index (χ1) is 6.13. The number of hydrogen-bond acceptors (Lipinski definition) is 4. The fraction of sp³-hybridized carbons (Fsp3) is 0.556. The summed E-state index contributed by atoms with van der Waals surface area (Å²) >= 11 is 0. The summed E-state index contributed by atoms with van der Waals surface area (Å²) in [6.45, 7) is 6.24. The Balaban J connectivity index is 4.54. The zero-order chi connectivity index (χ0) is 10.3. The van der Waals surface area contributed by atoms with Gasteiger partial charge in [-0.05, 0) is 20.8 Å². The van der Waals surface area contributed by atoms with Gasteiger partial charge in [0.05, 0.1) is 12.2 Å². The molecule has 0 aliphatic heterocycles. The van der Waals surface area contributed by atoms with E-state index in [9.17, 15) is 4.79 Å². The van der Waals surface area contributed by atoms with Crippen LogP contribution in [0.15, 0.2) is 16.3 Å². The standard InChI is InChI=1S/C9H16N2O2/c1-4-11-6-8(7(3)10)9(12)13-5-2/h6H,4-5,10H2,1-3H3/b8-7+,11-6?. The lowest BCUT2D eigenvalue weighted by Gasteiger charge is -2.03. The summed E-state index contributed by atoms with van der Waals surface area (Å²) in [7, 11) is 0.